The zero-order chi connectivity index (χ0) is 14.8. The van der Waals surface area contributed by atoms with Crippen LogP contribution in [-0.4, -0.2) is 16.1 Å². The number of rotatable bonds is 4. The van der Waals surface area contributed by atoms with Crippen LogP contribution in [0.1, 0.15) is 20.8 Å². The van der Waals surface area contributed by atoms with Crippen molar-refractivity contribution in [3.8, 4) is 5.75 Å². The SMILES string of the molecule is O=C(O)c1ccc(OCc2cncs2)c(C(F)(F)F)c1. The lowest BCUT2D eigenvalue weighted by atomic mass is 10.1. The Kier molecular flexibility index (Phi) is 3.93. The summed E-state index contributed by atoms with van der Waals surface area (Å²) in [5, 5.41) is 8.73. The second-order valence-electron chi connectivity index (χ2n) is 3.77. The summed E-state index contributed by atoms with van der Waals surface area (Å²) in [5.41, 5.74) is -0.0129. The second-order valence-corrected chi connectivity index (χ2v) is 4.74. The molecule has 0 aliphatic rings. The molecule has 0 radical (unpaired) electrons. The number of ether oxygens (including phenoxy) is 1. The van der Waals surface area contributed by atoms with Gasteiger partial charge in [-0.15, -0.1) is 11.3 Å². The minimum atomic E-state index is -4.69. The average Bonchev–Trinajstić information content (AvgIpc) is 2.88. The molecular weight excluding hydrogens is 295 g/mol. The summed E-state index contributed by atoms with van der Waals surface area (Å²) in [6.07, 6.45) is -3.20. The van der Waals surface area contributed by atoms with Gasteiger partial charge in [-0.05, 0) is 18.2 Å². The number of aromatic nitrogens is 1. The Morgan fingerprint density at radius 1 is 1.40 bits per heavy atom. The lowest BCUT2D eigenvalue weighted by Gasteiger charge is -2.14. The topological polar surface area (TPSA) is 59.4 Å². The number of thiazole rings is 1. The fourth-order valence-corrected chi connectivity index (χ4v) is 1.98. The number of nitrogens with zero attached hydrogens (tertiary/aromatic N) is 1. The predicted octanol–water partition coefficient (Wildman–Crippen LogP) is 3.44. The van der Waals surface area contributed by atoms with E-state index in [0.717, 1.165) is 12.1 Å². The first kappa shape index (κ1) is 14.3. The van der Waals surface area contributed by atoms with Crippen LogP contribution in [0.2, 0.25) is 0 Å². The van der Waals surface area contributed by atoms with Crippen molar-refractivity contribution in [2.75, 3.05) is 0 Å². The number of halogens is 3. The molecule has 2 aromatic rings. The van der Waals surface area contributed by atoms with Crippen molar-refractivity contribution < 1.29 is 27.8 Å². The van der Waals surface area contributed by atoms with Gasteiger partial charge in [-0.25, -0.2) is 4.79 Å². The highest BCUT2D eigenvalue weighted by atomic mass is 32.1. The van der Waals surface area contributed by atoms with Crippen molar-refractivity contribution >= 4 is 17.3 Å². The Bertz CT molecular complexity index is 611. The van der Waals surface area contributed by atoms with Gasteiger partial charge in [-0.2, -0.15) is 13.2 Å². The Morgan fingerprint density at radius 3 is 2.70 bits per heavy atom. The third-order valence-electron chi connectivity index (χ3n) is 2.39. The number of hydrogen-bond donors (Lipinski definition) is 1. The molecule has 4 nitrogen and oxygen atoms in total. The average molecular weight is 303 g/mol. The number of hydrogen-bond acceptors (Lipinski definition) is 4. The summed E-state index contributed by atoms with van der Waals surface area (Å²) in [6.45, 7) is -0.0554. The van der Waals surface area contributed by atoms with Crippen LogP contribution in [0.4, 0.5) is 13.2 Å². The molecule has 0 saturated heterocycles. The van der Waals surface area contributed by atoms with Crippen LogP contribution in [0.15, 0.2) is 29.9 Å². The summed E-state index contributed by atoms with van der Waals surface area (Å²) < 4.78 is 43.7. The number of alkyl halides is 3. The summed E-state index contributed by atoms with van der Waals surface area (Å²) >= 11 is 1.25. The largest absolute Gasteiger partial charge is 0.487 e. The van der Waals surface area contributed by atoms with E-state index in [1.54, 1.807) is 0 Å². The molecule has 0 unspecified atom stereocenters. The lowest BCUT2D eigenvalue weighted by molar-refractivity contribution is -0.139. The lowest BCUT2D eigenvalue weighted by Crippen LogP contribution is -2.10. The number of carbonyl (C=O) groups is 1. The first-order chi connectivity index (χ1) is 9.38. The number of carboxylic acid groups (broad SMARTS) is 1. The van der Waals surface area contributed by atoms with Crippen molar-refractivity contribution in [3.05, 3.63) is 45.9 Å². The van der Waals surface area contributed by atoms with Crippen LogP contribution >= 0.6 is 11.3 Å². The number of benzene rings is 1. The van der Waals surface area contributed by atoms with E-state index in [4.69, 9.17) is 9.84 Å². The Labute approximate surface area is 115 Å². The molecule has 1 heterocycles. The molecule has 0 fully saturated rings. The minimum Gasteiger partial charge on any atom is -0.487 e. The molecular formula is C12H8F3NO3S. The quantitative estimate of drug-likeness (QED) is 0.940. The Morgan fingerprint density at radius 2 is 2.15 bits per heavy atom. The molecule has 1 N–H and O–H groups in total. The minimum absolute atomic E-state index is 0.0554. The van der Waals surface area contributed by atoms with Gasteiger partial charge in [-0.3, -0.25) is 4.98 Å². The zero-order valence-electron chi connectivity index (χ0n) is 9.85. The van der Waals surface area contributed by atoms with Crippen LogP contribution in [0.25, 0.3) is 0 Å². The van der Waals surface area contributed by atoms with Gasteiger partial charge in [0.15, 0.2) is 0 Å². The van der Waals surface area contributed by atoms with Gasteiger partial charge in [0.25, 0.3) is 0 Å². The maximum Gasteiger partial charge on any atom is 0.419 e. The van der Waals surface area contributed by atoms with Crippen LogP contribution < -0.4 is 4.74 Å². The van der Waals surface area contributed by atoms with E-state index in [-0.39, 0.29) is 6.61 Å². The van der Waals surface area contributed by atoms with Crippen molar-refractivity contribution in [3.63, 3.8) is 0 Å². The Hall–Kier alpha value is -2.09. The molecule has 0 aliphatic carbocycles. The highest BCUT2D eigenvalue weighted by Crippen LogP contribution is 2.37. The van der Waals surface area contributed by atoms with Crippen molar-refractivity contribution in [1.82, 2.24) is 4.98 Å². The van der Waals surface area contributed by atoms with Crippen LogP contribution in [0.3, 0.4) is 0 Å². The molecule has 0 atom stereocenters. The van der Waals surface area contributed by atoms with Gasteiger partial charge in [-0.1, -0.05) is 0 Å². The third kappa shape index (κ3) is 3.27. The van der Waals surface area contributed by atoms with Crippen molar-refractivity contribution in [1.29, 1.82) is 0 Å². The van der Waals surface area contributed by atoms with E-state index in [0.29, 0.717) is 10.9 Å². The summed E-state index contributed by atoms with van der Waals surface area (Å²) in [6, 6.07) is 2.64. The molecule has 2 rings (SSSR count). The molecule has 8 heteroatoms. The number of carboxylic acids is 1. The van der Waals surface area contributed by atoms with E-state index < -0.39 is 29.0 Å². The van der Waals surface area contributed by atoms with Gasteiger partial charge in [0.05, 0.1) is 21.5 Å². The molecule has 0 spiro atoms. The fraction of sp³-hybridized carbons (Fsp3) is 0.167. The second kappa shape index (κ2) is 5.49. The standard InChI is InChI=1S/C12H8F3NO3S/c13-12(14,15)9-3-7(11(17)18)1-2-10(9)19-5-8-4-16-6-20-8/h1-4,6H,5H2,(H,17,18). The maximum absolute atomic E-state index is 12.9. The van der Waals surface area contributed by atoms with E-state index >= 15 is 0 Å². The fourth-order valence-electron chi connectivity index (χ4n) is 1.47. The summed E-state index contributed by atoms with van der Waals surface area (Å²) in [7, 11) is 0. The first-order valence-corrected chi connectivity index (χ1v) is 6.20. The molecule has 106 valence electrons. The van der Waals surface area contributed by atoms with E-state index in [1.807, 2.05) is 0 Å². The molecule has 20 heavy (non-hydrogen) atoms. The first-order valence-electron chi connectivity index (χ1n) is 5.32. The molecule has 0 aliphatic heterocycles. The Balaban J connectivity index is 2.29. The smallest absolute Gasteiger partial charge is 0.419 e. The van der Waals surface area contributed by atoms with Gasteiger partial charge in [0.1, 0.15) is 12.4 Å². The van der Waals surface area contributed by atoms with E-state index in [2.05, 4.69) is 4.98 Å². The van der Waals surface area contributed by atoms with Gasteiger partial charge in [0.2, 0.25) is 0 Å². The molecule has 1 aromatic heterocycles. The molecule has 0 saturated carbocycles. The van der Waals surface area contributed by atoms with Crippen molar-refractivity contribution in [2.24, 2.45) is 0 Å². The third-order valence-corrected chi connectivity index (χ3v) is 3.14. The maximum atomic E-state index is 12.9. The van der Waals surface area contributed by atoms with E-state index in [1.165, 1.54) is 23.0 Å². The van der Waals surface area contributed by atoms with Crippen molar-refractivity contribution in [2.45, 2.75) is 12.8 Å². The summed E-state index contributed by atoms with van der Waals surface area (Å²) in [5.74, 6) is -1.83. The van der Waals surface area contributed by atoms with Crippen LogP contribution in [-0.2, 0) is 12.8 Å². The van der Waals surface area contributed by atoms with E-state index in [9.17, 15) is 18.0 Å². The number of aromatic carboxylic acids is 1. The molecule has 1 aromatic carbocycles. The highest BCUT2D eigenvalue weighted by Gasteiger charge is 2.35. The molecule has 0 amide bonds. The van der Waals surface area contributed by atoms with Gasteiger partial charge >= 0.3 is 12.1 Å². The normalized spacial score (nSPS) is 11.3. The highest BCUT2D eigenvalue weighted by molar-refractivity contribution is 7.09. The molecule has 0 bridgehead atoms. The summed E-state index contributed by atoms with van der Waals surface area (Å²) in [4.78, 5) is 15.2. The van der Waals surface area contributed by atoms with Crippen LogP contribution in [0, 0.1) is 0 Å². The predicted molar refractivity (Wildman–Crippen MR) is 64.8 cm³/mol. The van der Waals surface area contributed by atoms with Gasteiger partial charge in [0, 0.05) is 6.20 Å². The van der Waals surface area contributed by atoms with Gasteiger partial charge < -0.3 is 9.84 Å². The monoisotopic (exact) mass is 303 g/mol. The van der Waals surface area contributed by atoms with Crippen LogP contribution in [0.5, 0.6) is 5.75 Å². The zero-order valence-corrected chi connectivity index (χ0v) is 10.7.